The number of nitrogens with two attached hydrogens (primary N) is 1. The smallest absolute Gasteiger partial charge is 0.317 e. The lowest BCUT2D eigenvalue weighted by Crippen LogP contribution is -2.32. The maximum absolute atomic E-state index is 13.7. The number of primary amides is 1. The van der Waals surface area contributed by atoms with Gasteiger partial charge in [-0.2, -0.15) is 0 Å². The number of ether oxygens (including phenoxy) is 1. The highest BCUT2D eigenvalue weighted by atomic mass is 19.1. The first-order valence-corrected chi connectivity index (χ1v) is 5.95. The molecule has 20 heavy (non-hydrogen) atoms. The molecule has 0 aliphatic rings. The minimum atomic E-state index is -1.02. The summed E-state index contributed by atoms with van der Waals surface area (Å²) in [7, 11) is 1.49. The summed E-state index contributed by atoms with van der Waals surface area (Å²) in [6.07, 6.45) is 0. The van der Waals surface area contributed by atoms with Gasteiger partial charge >= 0.3 is 5.97 Å². The first kappa shape index (κ1) is 16.1. The van der Waals surface area contributed by atoms with Crippen molar-refractivity contribution in [1.82, 2.24) is 4.90 Å². The summed E-state index contributed by atoms with van der Waals surface area (Å²) in [6, 6.07) is 3.77. The number of carboxylic acids is 1. The molecule has 0 aliphatic carbocycles. The van der Waals surface area contributed by atoms with Crippen LogP contribution in [0.25, 0.3) is 0 Å². The SMILES string of the molecule is COCCN(CC(=O)O)Cc1cc(C(N)=O)ccc1F. The third-order valence-corrected chi connectivity index (χ3v) is 2.69. The molecule has 0 aliphatic heterocycles. The molecular formula is C13H17FN2O4. The number of methoxy groups -OCH3 is 1. The van der Waals surface area contributed by atoms with Gasteiger partial charge in [0.15, 0.2) is 0 Å². The zero-order chi connectivity index (χ0) is 15.1. The molecule has 0 unspecified atom stereocenters. The van der Waals surface area contributed by atoms with Crippen molar-refractivity contribution < 1.29 is 23.8 Å². The van der Waals surface area contributed by atoms with E-state index in [1.54, 1.807) is 0 Å². The van der Waals surface area contributed by atoms with Crippen molar-refractivity contribution in [1.29, 1.82) is 0 Å². The van der Waals surface area contributed by atoms with E-state index in [9.17, 15) is 14.0 Å². The summed E-state index contributed by atoms with van der Waals surface area (Å²) >= 11 is 0. The molecule has 0 saturated carbocycles. The topological polar surface area (TPSA) is 92.9 Å². The van der Waals surface area contributed by atoms with Crippen molar-refractivity contribution in [2.24, 2.45) is 5.73 Å². The summed E-state index contributed by atoms with van der Waals surface area (Å²) in [5.41, 5.74) is 5.54. The number of rotatable bonds is 8. The number of hydrogen-bond acceptors (Lipinski definition) is 4. The lowest BCUT2D eigenvalue weighted by Gasteiger charge is -2.20. The maximum atomic E-state index is 13.7. The molecule has 110 valence electrons. The highest BCUT2D eigenvalue weighted by Crippen LogP contribution is 2.13. The van der Waals surface area contributed by atoms with Gasteiger partial charge < -0.3 is 15.6 Å². The summed E-state index contributed by atoms with van der Waals surface area (Å²) in [5, 5.41) is 8.82. The van der Waals surface area contributed by atoms with Gasteiger partial charge in [-0.1, -0.05) is 0 Å². The van der Waals surface area contributed by atoms with Crippen LogP contribution in [0.4, 0.5) is 4.39 Å². The number of carboxylic acid groups (broad SMARTS) is 1. The highest BCUT2D eigenvalue weighted by molar-refractivity contribution is 5.92. The zero-order valence-electron chi connectivity index (χ0n) is 11.1. The number of aliphatic carboxylic acids is 1. The number of hydrogen-bond donors (Lipinski definition) is 2. The molecule has 1 aromatic rings. The van der Waals surface area contributed by atoms with E-state index in [0.717, 1.165) is 6.07 Å². The number of halogens is 1. The molecule has 7 heteroatoms. The molecular weight excluding hydrogens is 267 g/mol. The summed E-state index contributed by atoms with van der Waals surface area (Å²) in [4.78, 5) is 23.4. The van der Waals surface area contributed by atoms with Crippen LogP contribution in [0, 0.1) is 5.82 Å². The first-order chi connectivity index (χ1) is 9.43. The molecule has 1 aromatic carbocycles. The van der Waals surface area contributed by atoms with Gasteiger partial charge in [0.25, 0.3) is 0 Å². The number of benzene rings is 1. The molecule has 6 nitrogen and oxygen atoms in total. The maximum Gasteiger partial charge on any atom is 0.317 e. The van der Waals surface area contributed by atoms with E-state index in [-0.39, 0.29) is 24.2 Å². The van der Waals surface area contributed by atoms with Crippen LogP contribution in [0.5, 0.6) is 0 Å². The standard InChI is InChI=1S/C13H17FN2O4/c1-20-5-4-16(8-12(17)18)7-10-6-9(13(15)19)2-3-11(10)14/h2-3,6H,4-5,7-8H2,1H3,(H2,15,19)(H,17,18). The molecule has 0 radical (unpaired) electrons. The molecule has 0 atom stereocenters. The minimum absolute atomic E-state index is 0.0581. The predicted molar refractivity (Wildman–Crippen MR) is 69.7 cm³/mol. The third kappa shape index (κ3) is 4.94. The van der Waals surface area contributed by atoms with Crippen LogP contribution in [-0.2, 0) is 16.1 Å². The van der Waals surface area contributed by atoms with E-state index in [2.05, 4.69) is 0 Å². The van der Waals surface area contributed by atoms with Gasteiger partial charge in [0.05, 0.1) is 13.2 Å². The Labute approximate surface area is 115 Å². The summed E-state index contributed by atoms with van der Waals surface area (Å²) in [6.45, 7) is 0.472. The lowest BCUT2D eigenvalue weighted by molar-refractivity contribution is -0.138. The van der Waals surface area contributed by atoms with E-state index in [0.29, 0.717) is 13.2 Å². The van der Waals surface area contributed by atoms with Crippen molar-refractivity contribution in [3.8, 4) is 0 Å². The Hall–Kier alpha value is -1.99. The van der Waals surface area contributed by atoms with Gasteiger partial charge in [-0.3, -0.25) is 14.5 Å². The van der Waals surface area contributed by atoms with Crippen molar-refractivity contribution in [3.05, 3.63) is 35.1 Å². The van der Waals surface area contributed by atoms with Crippen LogP contribution < -0.4 is 5.73 Å². The average Bonchev–Trinajstić information content (AvgIpc) is 2.37. The molecule has 0 heterocycles. The lowest BCUT2D eigenvalue weighted by atomic mass is 10.1. The minimum Gasteiger partial charge on any atom is -0.480 e. The first-order valence-electron chi connectivity index (χ1n) is 5.95. The molecule has 0 fully saturated rings. The van der Waals surface area contributed by atoms with E-state index < -0.39 is 17.7 Å². The highest BCUT2D eigenvalue weighted by Gasteiger charge is 2.14. The molecule has 1 rings (SSSR count). The van der Waals surface area contributed by atoms with Crippen LogP contribution in [0.15, 0.2) is 18.2 Å². The third-order valence-electron chi connectivity index (χ3n) is 2.69. The van der Waals surface area contributed by atoms with Gasteiger partial charge in [-0.05, 0) is 18.2 Å². The van der Waals surface area contributed by atoms with Crippen LogP contribution >= 0.6 is 0 Å². The van der Waals surface area contributed by atoms with E-state index in [1.807, 2.05) is 0 Å². The normalized spacial score (nSPS) is 10.8. The molecule has 0 saturated heterocycles. The number of amides is 1. The van der Waals surface area contributed by atoms with Gasteiger partial charge in [-0.15, -0.1) is 0 Å². The van der Waals surface area contributed by atoms with Crippen molar-refractivity contribution >= 4 is 11.9 Å². The Bertz CT molecular complexity index is 493. The van der Waals surface area contributed by atoms with Gasteiger partial charge in [0.2, 0.25) is 5.91 Å². The Balaban J connectivity index is 2.88. The fraction of sp³-hybridized carbons (Fsp3) is 0.385. The second-order valence-corrected chi connectivity index (χ2v) is 4.27. The van der Waals surface area contributed by atoms with Crippen molar-refractivity contribution in [2.45, 2.75) is 6.54 Å². The van der Waals surface area contributed by atoms with Crippen LogP contribution in [-0.4, -0.2) is 48.7 Å². The number of nitrogens with zero attached hydrogens (tertiary/aromatic N) is 1. The number of carbonyl (C=O) groups is 2. The zero-order valence-corrected chi connectivity index (χ0v) is 11.1. The molecule has 0 bridgehead atoms. The monoisotopic (exact) mass is 284 g/mol. The Morgan fingerprint density at radius 1 is 1.45 bits per heavy atom. The Morgan fingerprint density at radius 2 is 2.15 bits per heavy atom. The second kappa shape index (κ2) is 7.56. The van der Waals surface area contributed by atoms with E-state index >= 15 is 0 Å². The molecule has 0 aromatic heterocycles. The fourth-order valence-electron chi connectivity index (χ4n) is 1.72. The van der Waals surface area contributed by atoms with E-state index in [4.69, 9.17) is 15.6 Å². The van der Waals surface area contributed by atoms with Crippen LogP contribution in [0.2, 0.25) is 0 Å². The molecule has 1 amide bonds. The van der Waals surface area contributed by atoms with E-state index in [1.165, 1.54) is 24.1 Å². The number of carbonyl (C=O) groups excluding carboxylic acids is 1. The Kier molecular flexibility index (Phi) is 6.08. The van der Waals surface area contributed by atoms with Gasteiger partial charge in [0.1, 0.15) is 5.82 Å². The molecule has 0 spiro atoms. The van der Waals surface area contributed by atoms with Gasteiger partial charge in [-0.25, -0.2) is 4.39 Å². The van der Waals surface area contributed by atoms with Crippen LogP contribution in [0.1, 0.15) is 15.9 Å². The summed E-state index contributed by atoms with van der Waals surface area (Å²) in [5.74, 6) is -2.19. The second-order valence-electron chi connectivity index (χ2n) is 4.27. The quantitative estimate of drug-likeness (QED) is 0.723. The predicted octanol–water partition coefficient (Wildman–Crippen LogP) is 0.458. The van der Waals surface area contributed by atoms with Crippen molar-refractivity contribution in [2.75, 3.05) is 26.8 Å². The largest absolute Gasteiger partial charge is 0.480 e. The van der Waals surface area contributed by atoms with Crippen molar-refractivity contribution in [3.63, 3.8) is 0 Å². The van der Waals surface area contributed by atoms with Gasteiger partial charge in [0, 0.05) is 31.3 Å². The Morgan fingerprint density at radius 3 is 2.70 bits per heavy atom. The average molecular weight is 284 g/mol. The summed E-state index contributed by atoms with van der Waals surface area (Å²) < 4.78 is 18.6. The fourth-order valence-corrected chi connectivity index (χ4v) is 1.72. The van der Waals surface area contributed by atoms with Crippen LogP contribution in [0.3, 0.4) is 0 Å². The molecule has 3 N–H and O–H groups in total.